The van der Waals surface area contributed by atoms with Gasteiger partial charge < -0.3 is 4.74 Å². The first kappa shape index (κ1) is 20.3. The second kappa shape index (κ2) is 8.71. The van der Waals surface area contributed by atoms with E-state index >= 15 is 0 Å². The van der Waals surface area contributed by atoms with Gasteiger partial charge in [0.25, 0.3) is 0 Å². The van der Waals surface area contributed by atoms with Crippen LogP contribution in [-0.4, -0.2) is 32.9 Å². The Morgan fingerprint density at radius 1 is 1.07 bits per heavy atom. The molecule has 11 heteroatoms. The Hall–Kier alpha value is -2.44. The van der Waals surface area contributed by atoms with E-state index in [0.717, 1.165) is 5.52 Å². The van der Waals surface area contributed by atoms with Crippen molar-refractivity contribution >= 4 is 32.3 Å². The molecule has 2 aromatic carbocycles. The van der Waals surface area contributed by atoms with E-state index in [9.17, 15) is 12.6 Å². The zero-order valence-corrected chi connectivity index (χ0v) is 16.2. The van der Waals surface area contributed by atoms with E-state index in [-0.39, 0.29) is 12.2 Å². The molecule has 0 aliphatic rings. The van der Waals surface area contributed by atoms with Crippen LogP contribution in [0.3, 0.4) is 0 Å². The molecule has 9 nitrogen and oxygen atoms in total. The Balaban J connectivity index is 1.75. The molecule has 0 aliphatic heterocycles. The van der Waals surface area contributed by atoms with Crippen molar-refractivity contribution in [3.8, 4) is 11.5 Å². The van der Waals surface area contributed by atoms with Gasteiger partial charge in [-0.15, -0.1) is 0 Å². The van der Waals surface area contributed by atoms with Gasteiger partial charge in [-0.25, -0.2) is 22.5 Å². The molecule has 0 aliphatic carbocycles. The minimum Gasteiger partial charge on any atom is -0.457 e. The number of hydrogen-bond acceptors (Lipinski definition) is 6. The minimum atomic E-state index is -3.69. The first-order valence-corrected chi connectivity index (χ1v) is 11.0. The first-order valence-electron chi connectivity index (χ1n) is 8.16. The molecule has 3 rings (SSSR count). The fourth-order valence-electron chi connectivity index (χ4n) is 2.61. The van der Waals surface area contributed by atoms with Crippen LogP contribution in [0.5, 0.6) is 11.5 Å². The Morgan fingerprint density at radius 3 is 2.36 bits per heavy atom. The maximum atomic E-state index is 11.2. The molecule has 0 bridgehead atoms. The molecule has 1 aromatic heterocycles. The fraction of sp³-hybridized carbons (Fsp3) is 0.176. The van der Waals surface area contributed by atoms with Crippen molar-refractivity contribution < 1.29 is 21.9 Å². The van der Waals surface area contributed by atoms with Crippen molar-refractivity contribution in [1.29, 1.82) is 0 Å². The van der Waals surface area contributed by atoms with Crippen molar-refractivity contribution in [3.63, 3.8) is 0 Å². The number of aromatic nitrogens is 2. The number of sulfonamides is 1. The Labute approximate surface area is 164 Å². The number of rotatable bonds is 8. The highest BCUT2D eigenvalue weighted by Crippen LogP contribution is 2.26. The molecule has 3 aromatic rings. The predicted octanol–water partition coefficient (Wildman–Crippen LogP) is 1.87. The lowest BCUT2D eigenvalue weighted by atomic mass is 10.1. The number of fused-ring (bicyclic) bond motifs is 1. The predicted molar refractivity (Wildman–Crippen MR) is 105 cm³/mol. The van der Waals surface area contributed by atoms with Crippen LogP contribution >= 0.6 is 0 Å². The Kier molecular flexibility index (Phi) is 6.31. The van der Waals surface area contributed by atoms with E-state index in [1.54, 1.807) is 54.9 Å². The van der Waals surface area contributed by atoms with Crippen LogP contribution in [-0.2, 0) is 21.3 Å². The summed E-state index contributed by atoms with van der Waals surface area (Å²) in [6.07, 6.45) is 3.26. The summed E-state index contributed by atoms with van der Waals surface area (Å²) < 4.78 is 50.8. The van der Waals surface area contributed by atoms with Crippen molar-refractivity contribution in [2.75, 3.05) is 5.75 Å². The number of nitrogens with one attached hydrogen (secondary N) is 1. The lowest BCUT2D eigenvalue weighted by Gasteiger charge is -2.17. The summed E-state index contributed by atoms with van der Waals surface area (Å²) in [6, 6.07) is 11.4. The summed E-state index contributed by atoms with van der Waals surface area (Å²) in [4.78, 5) is 8.42. The number of nitrogens with two attached hydrogens (primary N) is 1. The van der Waals surface area contributed by atoms with Gasteiger partial charge in [0.05, 0.1) is 16.8 Å². The third-order valence-corrected chi connectivity index (χ3v) is 5.18. The SMILES string of the molecule is NS(=O)(=O)CCC(NS(=O)O)c1ccc(Oc2ccc3nccnc3c2)cc1. The van der Waals surface area contributed by atoms with E-state index in [1.165, 1.54) is 0 Å². The lowest BCUT2D eigenvalue weighted by Crippen LogP contribution is -2.27. The van der Waals surface area contributed by atoms with Crippen molar-refractivity contribution in [2.45, 2.75) is 12.5 Å². The second-order valence-electron chi connectivity index (χ2n) is 5.95. The van der Waals surface area contributed by atoms with E-state index in [0.29, 0.717) is 22.6 Å². The number of benzene rings is 2. The van der Waals surface area contributed by atoms with Gasteiger partial charge >= 0.3 is 0 Å². The van der Waals surface area contributed by atoms with Gasteiger partial charge in [0.2, 0.25) is 21.3 Å². The molecule has 2 atom stereocenters. The highest BCUT2D eigenvalue weighted by Gasteiger charge is 2.17. The summed E-state index contributed by atoms with van der Waals surface area (Å²) in [5.74, 6) is 0.807. The minimum absolute atomic E-state index is 0.0503. The standard InChI is InChI=1S/C17H18N4O5S2/c18-28(24,25)10-7-15(21-27(22)23)12-1-3-13(4-2-12)26-14-5-6-16-17(11-14)20-9-8-19-16/h1-6,8-9,11,15,21H,7,10H2,(H,22,23)(H2,18,24,25). The smallest absolute Gasteiger partial charge is 0.232 e. The first-order chi connectivity index (χ1) is 13.3. The van der Waals surface area contributed by atoms with E-state index < -0.39 is 27.3 Å². The van der Waals surface area contributed by atoms with Gasteiger partial charge in [0, 0.05) is 24.5 Å². The summed E-state index contributed by atoms with van der Waals surface area (Å²) in [5.41, 5.74) is 2.09. The second-order valence-corrected chi connectivity index (χ2v) is 8.42. The third-order valence-electron chi connectivity index (χ3n) is 3.89. The van der Waals surface area contributed by atoms with Gasteiger partial charge in [0.15, 0.2) is 0 Å². The number of primary sulfonamides is 1. The molecule has 0 saturated heterocycles. The molecule has 28 heavy (non-hydrogen) atoms. The number of hydrogen-bond donors (Lipinski definition) is 3. The zero-order chi connectivity index (χ0) is 20.1. The summed E-state index contributed by atoms with van der Waals surface area (Å²) >= 11 is -2.30. The average Bonchev–Trinajstić information content (AvgIpc) is 2.65. The van der Waals surface area contributed by atoms with Gasteiger partial charge in [-0.3, -0.25) is 14.5 Å². The van der Waals surface area contributed by atoms with E-state index in [2.05, 4.69) is 14.7 Å². The van der Waals surface area contributed by atoms with Gasteiger partial charge in [-0.1, -0.05) is 12.1 Å². The van der Waals surface area contributed by atoms with Crippen LogP contribution in [0.15, 0.2) is 54.9 Å². The highest BCUT2D eigenvalue weighted by molar-refractivity contribution is 7.89. The summed E-state index contributed by atoms with van der Waals surface area (Å²) in [5, 5.41) is 5.02. The monoisotopic (exact) mass is 422 g/mol. The Morgan fingerprint density at radius 2 is 1.71 bits per heavy atom. The third kappa shape index (κ3) is 5.78. The van der Waals surface area contributed by atoms with E-state index in [1.807, 2.05) is 0 Å². The molecule has 0 spiro atoms. The van der Waals surface area contributed by atoms with Crippen LogP contribution in [0.25, 0.3) is 11.0 Å². The highest BCUT2D eigenvalue weighted by atomic mass is 32.2. The van der Waals surface area contributed by atoms with Gasteiger partial charge in [0.1, 0.15) is 11.5 Å². The molecular weight excluding hydrogens is 404 g/mol. The quantitative estimate of drug-likeness (QED) is 0.470. The van der Waals surface area contributed by atoms with Crippen LogP contribution in [0.2, 0.25) is 0 Å². The van der Waals surface area contributed by atoms with Gasteiger partial charge in [-0.2, -0.15) is 0 Å². The fourth-order valence-corrected chi connectivity index (χ4v) is 3.67. The molecule has 1 heterocycles. The molecular formula is C17H18N4O5S2. The van der Waals surface area contributed by atoms with Crippen LogP contribution in [0.4, 0.5) is 0 Å². The molecule has 4 N–H and O–H groups in total. The Bertz CT molecular complexity index is 1090. The average molecular weight is 422 g/mol. The van der Waals surface area contributed by atoms with Crippen LogP contribution in [0, 0.1) is 0 Å². The van der Waals surface area contributed by atoms with Crippen molar-refractivity contribution in [2.24, 2.45) is 5.14 Å². The lowest BCUT2D eigenvalue weighted by molar-refractivity contribution is 0.482. The topological polar surface area (TPSA) is 144 Å². The number of ether oxygens (including phenoxy) is 1. The molecule has 0 fully saturated rings. The molecule has 0 saturated carbocycles. The summed E-state index contributed by atoms with van der Waals surface area (Å²) in [6.45, 7) is 0. The van der Waals surface area contributed by atoms with Crippen LogP contribution < -0.4 is 14.6 Å². The molecule has 0 radical (unpaired) electrons. The maximum absolute atomic E-state index is 11.2. The zero-order valence-electron chi connectivity index (χ0n) is 14.6. The van der Waals surface area contributed by atoms with Gasteiger partial charge in [-0.05, 0) is 36.2 Å². The molecule has 148 valence electrons. The summed E-state index contributed by atoms with van der Waals surface area (Å²) in [7, 11) is -3.69. The normalized spacial score (nSPS) is 13.9. The molecule has 2 unspecified atom stereocenters. The molecule has 0 amide bonds. The van der Waals surface area contributed by atoms with Crippen molar-refractivity contribution in [1.82, 2.24) is 14.7 Å². The van der Waals surface area contributed by atoms with Crippen molar-refractivity contribution in [3.05, 3.63) is 60.4 Å². The van der Waals surface area contributed by atoms with Crippen LogP contribution in [0.1, 0.15) is 18.0 Å². The number of nitrogens with zero attached hydrogens (tertiary/aromatic N) is 2. The largest absolute Gasteiger partial charge is 0.457 e. The van der Waals surface area contributed by atoms with E-state index in [4.69, 9.17) is 14.4 Å². The maximum Gasteiger partial charge on any atom is 0.232 e.